The van der Waals surface area contributed by atoms with Crippen LogP contribution in [0.1, 0.15) is 43.0 Å². The summed E-state index contributed by atoms with van der Waals surface area (Å²) in [5.41, 5.74) is 0.567. The zero-order valence-corrected chi connectivity index (χ0v) is 10.3. The third-order valence-electron chi connectivity index (χ3n) is 2.57. The Morgan fingerprint density at radius 2 is 1.44 bits per heavy atom. The number of hydrogen-bond donors (Lipinski definition) is 0. The van der Waals surface area contributed by atoms with Gasteiger partial charge in [0, 0.05) is 0 Å². The predicted octanol–water partition coefficient (Wildman–Crippen LogP) is 4.62. The summed E-state index contributed by atoms with van der Waals surface area (Å²) in [6.07, 6.45) is -4.28. The number of aryl methyl sites for hydroxylation is 2. The largest absolute Gasteiger partial charge is 0.416 e. The Balaban J connectivity index is 3.58. The lowest BCUT2D eigenvalue weighted by atomic mass is 9.81. The molecule has 3 heteroatoms. The number of alkyl halides is 3. The van der Waals surface area contributed by atoms with E-state index in [0.29, 0.717) is 11.1 Å². The van der Waals surface area contributed by atoms with E-state index in [2.05, 4.69) is 0 Å². The van der Waals surface area contributed by atoms with Crippen LogP contribution in [0.3, 0.4) is 0 Å². The molecule has 0 fully saturated rings. The molecular weight excluding hydrogens is 213 g/mol. The summed E-state index contributed by atoms with van der Waals surface area (Å²) >= 11 is 0. The molecule has 1 aromatic carbocycles. The summed E-state index contributed by atoms with van der Waals surface area (Å²) in [5.74, 6) is 0. The molecule has 0 radical (unpaired) electrons. The average molecular weight is 230 g/mol. The molecule has 0 nitrogen and oxygen atoms in total. The van der Waals surface area contributed by atoms with Crippen LogP contribution < -0.4 is 0 Å². The molecule has 0 amide bonds. The van der Waals surface area contributed by atoms with Crippen molar-refractivity contribution in [3.05, 3.63) is 34.4 Å². The molecule has 1 rings (SSSR count). The van der Waals surface area contributed by atoms with Crippen molar-refractivity contribution in [2.45, 2.75) is 46.2 Å². The molecule has 16 heavy (non-hydrogen) atoms. The Labute approximate surface area is 94.5 Å². The normalized spacial score (nSPS) is 13.0. The minimum atomic E-state index is -4.28. The van der Waals surface area contributed by atoms with Crippen molar-refractivity contribution < 1.29 is 13.2 Å². The molecule has 0 aliphatic rings. The van der Waals surface area contributed by atoms with Gasteiger partial charge in [0.05, 0.1) is 5.56 Å². The van der Waals surface area contributed by atoms with E-state index in [-0.39, 0.29) is 0 Å². The first-order chi connectivity index (χ1) is 7.03. The molecule has 0 bridgehead atoms. The van der Waals surface area contributed by atoms with Crippen LogP contribution in [0.25, 0.3) is 0 Å². The standard InChI is InChI=1S/C13H17F3/c1-8-6-9(2)11(13(14,15)16)10(7-8)12(3,4)5/h6-7H,1-5H3. The van der Waals surface area contributed by atoms with Crippen molar-refractivity contribution in [1.82, 2.24) is 0 Å². The van der Waals surface area contributed by atoms with Crippen LogP contribution in [-0.2, 0) is 11.6 Å². The van der Waals surface area contributed by atoms with E-state index in [0.717, 1.165) is 5.56 Å². The Bertz CT molecular complexity index is 395. The molecule has 0 N–H and O–H groups in total. The summed E-state index contributed by atoms with van der Waals surface area (Å²) in [4.78, 5) is 0. The van der Waals surface area contributed by atoms with Crippen LogP contribution in [-0.4, -0.2) is 0 Å². The van der Waals surface area contributed by atoms with E-state index in [9.17, 15) is 13.2 Å². The smallest absolute Gasteiger partial charge is 0.166 e. The van der Waals surface area contributed by atoms with Gasteiger partial charge in [0.1, 0.15) is 0 Å². The van der Waals surface area contributed by atoms with Gasteiger partial charge in [-0.15, -0.1) is 0 Å². The Morgan fingerprint density at radius 1 is 0.938 bits per heavy atom. The second-order valence-corrected chi connectivity index (χ2v) is 5.25. The number of benzene rings is 1. The summed E-state index contributed by atoms with van der Waals surface area (Å²) < 4.78 is 38.9. The lowest BCUT2D eigenvalue weighted by Gasteiger charge is -2.26. The first kappa shape index (κ1) is 13.1. The van der Waals surface area contributed by atoms with Gasteiger partial charge in [0.25, 0.3) is 0 Å². The van der Waals surface area contributed by atoms with Gasteiger partial charge in [-0.25, -0.2) is 0 Å². The highest BCUT2D eigenvalue weighted by molar-refractivity contribution is 5.43. The van der Waals surface area contributed by atoms with Crippen LogP contribution in [0.4, 0.5) is 13.2 Å². The van der Waals surface area contributed by atoms with Crippen LogP contribution in [0.5, 0.6) is 0 Å². The molecule has 0 aliphatic heterocycles. The van der Waals surface area contributed by atoms with Crippen LogP contribution in [0, 0.1) is 13.8 Å². The molecular formula is C13H17F3. The van der Waals surface area contributed by atoms with Gasteiger partial charge < -0.3 is 0 Å². The summed E-state index contributed by atoms with van der Waals surface area (Å²) in [5, 5.41) is 0. The molecule has 0 spiro atoms. The van der Waals surface area contributed by atoms with Crippen molar-refractivity contribution in [1.29, 1.82) is 0 Å². The van der Waals surface area contributed by atoms with E-state index in [1.54, 1.807) is 32.9 Å². The zero-order valence-electron chi connectivity index (χ0n) is 10.3. The Hall–Kier alpha value is -0.990. The molecule has 90 valence electrons. The lowest BCUT2D eigenvalue weighted by Crippen LogP contribution is -2.21. The van der Waals surface area contributed by atoms with Gasteiger partial charge in [-0.3, -0.25) is 0 Å². The zero-order chi connectivity index (χ0) is 12.7. The highest BCUT2D eigenvalue weighted by atomic mass is 19.4. The maximum Gasteiger partial charge on any atom is 0.416 e. The van der Waals surface area contributed by atoms with E-state index in [1.807, 2.05) is 6.92 Å². The summed E-state index contributed by atoms with van der Waals surface area (Å²) in [6, 6.07) is 3.22. The monoisotopic (exact) mass is 230 g/mol. The van der Waals surface area contributed by atoms with E-state index < -0.39 is 17.2 Å². The topological polar surface area (TPSA) is 0 Å². The Morgan fingerprint density at radius 3 is 1.81 bits per heavy atom. The van der Waals surface area contributed by atoms with E-state index in [4.69, 9.17) is 0 Å². The number of hydrogen-bond acceptors (Lipinski definition) is 0. The van der Waals surface area contributed by atoms with Crippen molar-refractivity contribution in [3.8, 4) is 0 Å². The highest BCUT2D eigenvalue weighted by Crippen LogP contribution is 2.39. The quantitative estimate of drug-likeness (QED) is 0.610. The van der Waals surface area contributed by atoms with Crippen LogP contribution in [0.2, 0.25) is 0 Å². The Kier molecular flexibility index (Phi) is 3.10. The second kappa shape index (κ2) is 3.79. The molecule has 1 aromatic rings. The fourth-order valence-electron chi connectivity index (χ4n) is 1.94. The van der Waals surface area contributed by atoms with E-state index >= 15 is 0 Å². The van der Waals surface area contributed by atoms with Gasteiger partial charge in [-0.1, -0.05) is 38.5 Å². The molecule has 0 saturated carbocycles. The fraction of sp³-hybridized carbons (Fsp3) is 0.538. The van der Waals surface area contributed by atoms with Gasteiger partial charge in [0.15, 0.2) is 0 Å². The van der Waals surface area contributed by atoms with Gasteiger partial charge >= 0.3 is 6.18 Å². The van der Waals surface area contributed by atoms with Gasteiger partial charge in [-0.05, 0) is 30.4 Å². The molecule has 0 saturated heterocycles. The highest BCUT2D eigenvalue weighted by Gasteiger charge is 2.37. The third-order valence-corrected chi connectivity index (χ3v) is 2.57. The van der Waals surface area contributed by atoms with Crippen molar-refractivity contribution >= 4 is 0 Å². The molecule has 0 atom stereocenters. The molecule has 0 aromatic heterocycles. The minimum absolute atomic E-state index is 0.303. The SMILES string of the molecule is Cc1cc(C)c(C(F)(F)F)c(C(C)(C)C)c1. The summed E-state index contributed by atoms with van der Waals surface area (Å²) in [6.45, 7) is 8.75. The fourth-order valence-corrected chi connectivity index (χ4v) is 1.94. The van der Waals surface area contributed by atoms with Gasteiger partial charge in [0.2, 0.25) is 0 Å². The number of rotatable bonds is 0. The minimum Gasteiger partial charge on any atom is -0.166 e. The first-order valence-corrected chi connectivity index (χ1v) is 5.22. The molecule has 0 aliphatic carbocycles. The lowest BCUT2D eigenvalue weighted by molar-refractivity contribution is -0.139. The number of halogens is 3. The molecule has 0 heterocycles. The second-order valence-electron chi connectivity index (χ2n) is 5.25. The van der Waals surface area contributed by atoms with E-state index in [1.165, 1.54) is 6.92 Å². The van der Waals surface area contributed by atoms with Crippen LogP contribution in [0.15, 0.2) is 12.1 Å². The van der Waals surface area contributed by atoms with Crippen molar-refractivity contribution in [3.63, 3.8) is 0 Å². The van der Waals surface area contributed by atoms with Gasteiger partial charge in [-0.2, -0.15) is 13.2 Å². The predicted molar refractivity (Wildman–Crippen MR) is 59.6 cm³/mol. The van der Waals surface area contributed by atoms with Crippen molar-refractivity contribution in [2.75, 3.05) is 0 Å². The summed E-state index contributed by atoms with van der Waals surface area (Å²) in [7, 11) is 0. The third kappa shape index (κ3) is 2.57. The molecule has 0 unspecified atom stereocenters. The first-order valence-electron chi connectivity index (χ1n) is 5.22. The average Bonchev–Trinajstić information content (AvgIpc) is 1.97. The van der Waals surface area contributed by atoms with Crippen molar-refractivity contribution in [2.24, 2.45) is 0 Å². The van der Waals surface area contributed by atoms with Crippen LogP contribution >= 0.6 is 0 Å². The maximum atomic E-state index is 13.0. The maximum absolute atomic E-state index is 13.0.